The summed E-state index contributed by atoms with van der Waals surface area (Å²) in [5.41, 5.74) is 0. The molecular weight excluding hydrogens is 200 g/mol. The molecule has 0 aromatic rings. The molecule has 0 unspecified atom stereocenters. The Balaban J connectivity index is -0.000000208. The van der Waals surface area contributed by atoms with Crippen molar-refractivity contribution in [2.24, 2.45) is 0 Å². The van der Waals surface area contributed by atoms with E-state index in [1.165, 1.54) is 0 Å². The maximum atomic E-state index is 12.4. The predicted octanol–water partition coefficient (Wildman–Crippen LogP) is 3.01. The smallest absolute Gasteiger partial charge is 0.260 e. The Hall–Kier alpha value is -0.220. The van der Waals surface area contributed by atoms with E-state index in [1.54, 1.807) is 11.9 Å². The Labute approximate surface area is 93.3 Å². The maximum absolute atomic E-state index is 12.4. The second-order valence-corrected chi connectivity index (χ2v) is 2.70. The van der Waals surface area contributed by atoms with Crippen LogP contribution in [0.3, 0.4) is 0 Å². The van der Waals surface area contributed by atoms with Crippen molar-refractivity contribution in [3.05, 3.63) is 0 Å². The number of hydrogen-bond donors (Lipinski definition) is 1. The Bertz CT molecular complexity index is 111. The monoisotopic (exact) mass is 227 g/mol. The summed E-state index contributed by atoms with van der Waals surface area (Å²) in [6, 6.07) is 0. The minimum atomic E-state index is -2.42. The summed E-state index contributed by atoms with van der Waals surface area (Å²) in [4.78, 5) is 1.67. The zero-order valence-corrected chi connectivity index (χ0v) is 11.0. The van der Waals surface area contributed by atoms with Crippen molar-refractivity contribution in [2.75, 3.05) is 27.2 Å². The molecule has 1 aliphatic rings. The minimum absolute atomic E-state index is 0.0625. The van der Waals surface area contributed by atoms with Crippen molar-refractivity contribution in [2.45, 2.75) is 46.5 Å². The molecular formula is C11H27F2NO. The first-order chi connectivity index (χ1) is 7.10. The first kappa shape index (κ1) is 20.2. The highest BCUT2D eigenvalue weighted by Crippen LogP contribution is 2.25. The van der Waals surface area contributed by atoms with Gasteiger partial charge in [-0.05, 0) is 20.0 Å². The summed E-state index contributed by atoms with van der Waals surface area (Å²) in [7, 11) is 2.73. The molecule has 0 spiro atoms. The van der Waals surface area contributed by atoms with E-state index in [0.29, 0.717) is 6.42 Å². The molecule has 1 heterocycles. The number of aliphatic hydroxyl groups is 1. The third kappa shape index (κ3) is 13.8. The minimum Gasteiger partial charge on any atom is -0.400 e. The summed E-state index contributed by atoms with van der Waals surface area (Å²) in [5, 5.41) is 7.00. The van der Waals surface area contributed by atoms with Crippen LogP contribution in [-0.4, -0.2) is 43.2 Å². The lowest BCUT2D eigenvalue weighted by molar-refractivity contribution is -0.0571. The van der Waals surface area contributed by atoms with Crippen LogP contribution in [0.2, 0.25) is 0 Å². The SMILES string of the molecule is CC.CC.CN1CCCC(F)(F)C1.CO. The Kier molecular flexibility index (Phi) is 18.6. The van der Waals surface area contributed by atoms with Crippen molar-refractivity contribution in [3.8, 4) is 0 Å². The number of piperidine rings is 1. The highest BCUT2D eigenvalue weighted by Gasteiger charge is 2.33. The zero-order valence-electron chi connectivity index (χ0n) is 11.0. The lowest BCUT2D eigenvalue weighted by Crippen LogP contribution is -2.39. The maximum Gasteiger partial charge on any atom is 0.260 e. The van der Waals surface area contributed by atoms with E-state index < -0.39 is 5.92 Å². The van der Waals surface area contributed by atoms with Crippen LogP contribution in [0.15, 0.2) is 0 Å². The van der Waals surface area contributed by atoms with Crippen LogP contribution in [0.5, 0.6) is 0 Å². The number of halogens is 2. The second kappa shape index (κ2) is 13.8. The number of rotatable bonds is 0. The molecule has 1 rings (SSSR count). The van der Waals surface area contributed by atoms with Gasteiger partial charge in [0.2, 0.25) is 0 Å². The highest BCUT2D eigenvalue weighted by atomic mass is 19.3. The normalized spacial score (nSPS) is 18.2. The van der Waals surface area contributed by atoms with Gasteiger partial charge in [-0.25, -0.2) is 8.78 Å². The van der Waals surface area contributed by atoms with Gasteiger partial charge in [-0.2, -0.15) is 0 Å². The summed E-state index contributed by atoms with van der Waals surface area (Å²) in [6.45, 7) is 8.75. The number of likely N-dealkylation sites (tertiary alicyclic amines) is 1. The number of alkyl halides is 2. The Morgan fingerprint density at radius 1 is 1.07 bits per heavy atom. The number of hydrogen-bond acceptors (Lipinski definition) is 2. The highest BCUT2D eigenvalue weighted by molar-refractivity contribution is 4.75. The van der Waals surface area contributed by atoms with E-state index in [1.807, 2.05) is 27.7 Å². The van der Waals surface area contributed by atoms with Crippen LogP contribution in [0.25, 0.3) is 0 Å². The molecule has 2 nitrogen and oxygen atoms in total. The van der Waals surface area contributed by atoms with Crippen molar-refractivity contribution in [1.82, 2.24) is 4.90 Å². The molecule has 0 bridgehead atoms. The second-order valence-electron chi connectivity index (χ2n) is 2.70. The average Bonchev–Trinajstić information content (AvgIpc) is 2.25. The predicted molar refractivity (Wildman–Crippen MR) is 62.5 cm³/mol. The fourth-order valence-corrected chi connectivity index (χ4v) is 1.16. The molecule has 1 saturated heterocycles. The first-order valence-electron chi connectivity index (χ1n) is 5.61. The molecule has 0 aromatic heterocycles. The van der Waals surface area contributed by atoms with Gasteiger partial charge in [0.15, 0.2) is 0 Å². The van der Waals surface area contributed by atoms with E-state index in [9.17, 15) is 8.78 Å². The zero-order chi connectivity index (χ0) is 12.9. The molecule has 96 valence electrons. The summed E-state index contributed by atoms with van der Waals surface area (Å²) < 4.78 is 24.8. The average molecular weight is 227 g/mol. The molecule has 0 aliphatic carbocycles. The van der Waals surface area contributed by atoms with Gasteiger partial charge in [0.25, 0.3) is 5.92 Å². The summed E-state index contributed by atoms with van der Waals surface area (Å²) in [6.07, 6.45) is 0.695. The Morgan fingerprint density at radius 3 is 1.67 bits per heavy atom. The third-order valence-corrected chi connectivity index (χ3v) is 1.58. The van der Waals surface area contributed by atoms with Gasteiger partial charge in [-0.1, -0.05) is 27.7 Å². The van der Waals surface area contributed by atoms with Crippen molar-refractivity contribution < 1.29 is 13.9 Å². The van der Waals surface area contributed by atoms with Crippen molar-refractivity contribution >= 4 is 0 Å². The molecule has 0 atom stereocenters. The van der Waals surface area contributed by atoms with E-state index in [2.05, 4.69) is 0 Å². The van der Waals surface area contributed by atoms with E-state index in [0.717, 1.165) is 13.7 Å². The summed E-state index contributed by atoms with van der Waals surface area (Å²) in [5.74, 6) is -2.42. The van der Waals surface area contributed by atoms with Gasteiger partial charge in [-0.15, -0.1) is 0 Å². The molecule has 4 heteroatoms. The van der Waals surface area contributed by atoms with Crippen molar-refractivity contribution in [1.29, 1.82) is 0 Å². The molecule has 15 heavy (non-hydrogen) atoms. The van der Waals surface area contributed by atoms with Crippen LogP contribution in [-0.2, 0) is 0 Å². The molecule has 1 aliphatic heterocycles. The van der Waals surface area contributed by atoms with Crippen LogP contribution >= 0.6 is 0 Å². The fourth-order valence-electron chi connectivity index (χ4n) is 1.16. The molecule has 0 aromatic carbocycles. The molecule has 0 radical (unpaired) electrons. The summed E-state index contributed by atoms with van der Waals surface area (Å²) >= 11 is 0. The van der Waals surface area contributed by atoms with Gasteiger partial charge >= 0.3 is 0 Å². The van der Waals surface area contributed by atoms with Crippen LogP contribution in [0.1, 0.15) is 40.5 Å². The van der Waals surface area contributed by atoms with Gasteiger partial charge in [-0.3, -0.25) is 0 Å². The molecule has 1 fully saturated rings. The quantitative estimate of drug-likeness (QED) is 0.687. The van der Waals surface area contributed by atoms with Crippen LogP contribution < -0.4 is 0 Å². The largest absolute Gasteiger partial charge is 0.400 e. The van der Waals surface area contributed by atoms with Crippen molar-refractivity contribution in [3.63, 3.8) is 0 Å². The standard InChI is InChI=1S/C6H11F2N.2C2H6.CH4O/c1-9-4-2-3-6(7,8)5-9;3*1-2/h2-5H2,1H3;2*1-2H3;2H,1H3. The first-order valence-corrected chi connectivity index (χ1v) is 5.61. The number of nitrogens with zero attached hydrogens (tertiary/aromatic N) is 1. The van der Waals surface area contributed by atoms with Gasteiger partial charge in [0.1, 0.15) is 0 Å². The van der Waals surface area contributed by atoms with Gasteiger partial charge < -0.3 is 10.0 Å². The van der Waals surface area contributed by atoms with E-state index in [4.69, 9.17) is 5.11 Å². The van der Waals surface area contributed by atoms with Crippen LogP contribution in [0, 0.1) is 0 Å². The third-order valence-electron chi connectivity index (χ3n) is 1.58. The van der Waals surface area contributed by atoms with E-state index >= 15 is 0 Å². The molecule has 1 N–H and O–H groups in total. The lowest BCUT2D eigenvalue weighted by Gasteiger charge is -2.28. The number of aliphatic hydroxyl groups excluding tert-OH is 1. The topological polar surface area (TPSA) is 23.5 Å². The lowest BCUT2D eigenvalue weighted by atomic mass is 10.1. The fraction of sp³-hybridized carbons (Fsp3) is 1.00. The van der Waals surface area contributed by atoms with Gasteiger partial charge in [0.05, 0.1) is 6.54 Å². The van der Waals surface area contributed by atoms with Crippen LogP contribution in [0.4, 0.5) is 8.78 Å². The molecule has 0 amide bonds. The van der Waals surface area contributed by atoms with E-state index in [-0.39, 0.29) is 13.0 Å². The Morgan fingerprint density at radius 2 is 1.47 bits per heavy atom. The molecule has 0 saturated carbocycles. The van der Waals surface area contributed by atoms with Gasteiger partial charge in [0, 0.05) is 13.5 Å².